The molecule has 0 bridgehead atoms. The lowest BCUT2D eigenvalue weighted by atomic mass is 10.0. The predicted octanol–water partition coefficient (Wildman–Crippen LogP) is 3.53. The van der Waals surface area contributed by atoms with Gasteiger partial charge in [-0.25, -0.2) is 4.79 Å². The first-order valence-corrected chi connectivity index (χ1v) is 7.13. The Morgan fingerprint density at radius 3 is 2.59 bits per heavy atom. The van der Waals surface area contributed by atoms with Crippen molar-refractivity contribution < 1.29 is 14.6 Å². The number of fused-ring (bicyclic) bond motifs is 1. The van der Waals surface area contributed by atoms with E-state index in [-0.39, 0.29) is 6.61 Å². The van der Waals surface area contributed by atoms with Gasteiger partial charge >= 0.3 is 5.97 Å². The molecule has 1 aromatic heterocycles. The minimum atomic E-state index is -0.974. The van der Waals surface area contributed by atoms with Gasteiger partial charge in [-0.3, -0.25) is 0 Å². The molecule has 0 fully saturated rings. The van der Waals surface area contributed by atoms with Gasteiger partial charge in [0.25, 0.3) is 0 Å². The maximum absolute atomic E-state index is 10.5. The van der Waals surface area contributed by atoms with Crippen LogP contribution in [0.2, 0.25) is 0 Å². The highest BCUT2D eigenvalue weighted by Crippen LogP contribution is 2.25. The topological polar surface area (TPSA) is 62.3 Å². The van der Waals surface area contributed by atoms with Gasteiger partial charge in [0.2, 0.25) is 0 Å². The normalized spacial score (nSPS) is 10.8. The number of carbonyl (C=O) groups is 1. The molecule has 112 valence electrons. The third-order valence-electron chi connectivity index (χ3n) is 3.69. The number of rotatable bonds is 5. The van der Waals surface area contributed by atoms with E-state index in [2.05, 4.69) is 24.0 Å². The van der Waals surface area contributed by atoms with Crippen molar-refractivity contribution in [2.45, 2.75) is 13.3 Å². The van der Waals surface area contributed by atoms with Gasteiger partial charge in [-0.1, -0.05) is 30.3 Å². The number of ether oxygens (including phenoxy) is 1. The molecule has 3 rings (SSSR count). The summed E-state index contributed by atoms with van der Waals surface area (Å²) >= 11 is 0. The van der Waals surface area contributed by atoms with E-state index in [9.17, 15) is 4.79 Å². The van der Waals surface area contributed by atoms with Gasteiger partial charge in [-0.15, -0.1) is 0 Å². The molecule has 0 aliphatic heterocycles. The van der Waals surface area contributed by atoms with Crippen molar-refractivity contribution in [2.24, 2.45) is 0 Å². The number of benzene rings is 2. The van der Waals surface area contributed by atoms with Crippen molar-refractivity contribution in [2.75, 3.05) is 6.61 Å². The summed E-state index contributed by atoms with van der Waals surface area (Å²) < 4.78 is 5.15. The van der Waals surface area contributed by atoms with Gasteiger partial charge in [-0.05, 0) is 42.7 Å². The highest BCUT2D eigenvalue weighted by atomic mass is 16.5. The standard InChI is InChI=1S/C18H17NO3/c1-12-16(15-4-2-3-5-17(15)19-12)10-13-6-8-14(9-7-13)22-11-18(20)21/h2-9,19H,10-11H2,1H3,(H,20,21). The molecule has 4 heteroatoms. The first-order valence-electron chi connectivity index (χ1n) is 7.13. The van der Waals surface area contributed by atoms with E-state index >= 15 is 0 Å². The van der Waals surface area contributed by atoms with Gasteiger partial charge < -0.3 is 14.8 Å². The maximum atomic E-state index is 10.5. The number of aromatic nitrogens is 1. The molecule has 0 aliphatic rings. The molecule has 0 unspecified atom stereocenters. The molecule has 4 nitrogen and oxygen atoms in total. The van der Waals surface area contributed by atoms with Crippen molar-refractivity contribution in [3.8, 4) is 5.75 Å². The van der Waals surface area contributed by atoms with Crippen LogP contribution in [0.4, 0.5) is 0 Å². The van der Waals surface area contributed by atoms with E-state index in [4.69, 9.17) is 9.84 Å². The highest BCUT2D eigenvalue weighted by Gasteiger charge is 2.08. The maximum Gasteiger partial charge on any atom is 0.341 e. The summed E-state index contributed by atoms with van der Waals surface area (Å²) in [4.78, 5) is 13.9. The molecule has 22 heavy (non-hydrogen) atoms. The average molecular weight is 295 g/mol. The number of aliphatic carboxylic acids is 1. The van der Waals surface area contributed by atoms with Crippen molar-refractivity contribution in [3.63, 3.8) is 0 Å². The summed E-state index contributed by atoms with van der Waals surface area (Å²) in [5.74, 6) is -0.403. The molecule has 0 amide bonds. The van der Waals surface area contributed by atoms with Gasteiger partial charge in [0.15, 0.2) is 6.61 Å². The Morgan fingerprint density at radius 2 is 1.86 bits per heavy atom. The zero-order chi connectivity index (χ0) is 15.5. The second-order valence-electron chi connectivity index (χ2n) is 5.28. The molecule has 0 saturated heterocycles. The van der Waals surface area contributed by atoms with E-state index in [1.807, 2.05) is 36.4 Å². The first kappa shape index (κ1) is 14.2. The Hall–Kier alpha value is -2.75. The lowest BCUT2D eigenvalue weighted by Gasteiger charge is -2.06. The van der Waals surface area contributed by atoms with Gasteiger partial charge in [0, 0.05) is 16.6 Å². The number of hydrogen-bond acceptors (Lipinski definition) is 2. The molecular weight excluding hydrogens is 278 g/mol. The fourth-order valence-corrected chi connectivity index (χ4v) is 2.62. The molecule has 0 saturated carbocycles. The molecule has 0 atom stereocenters. The molecule has 1 heterocycles. The van der Waals surface area contributed by atoms with Crippen LogP contribution in [0.5, 0.6) is 5.75 Å². The van der Waals surface area contributed by atoms with E-state index in [1.54, 1.807) is 0 Å². The van der Waals surface area contributed by atoms with Crippen LogP contribution < -0.4 is 4.74 Å². The van der Waals surface area contributed by atoms with E-state index < -0.39 is 5.97 Å². The van der Waals surface area contributed by atoms with Crippen LogP contribution in [0.3, 0.4) is 0 Å². The number of carboxylic acids is 1. The number of H-pyrrole nitrogens is 1. The van der Waals surface area contributed by atoms with Crippen LogP contribution >= 0.6 is 0 Å². The van der Waals surface area contributed by atoms with Crippen LogP contribution in [0.25, 0.3) is 10.9 Å². The van der Waals surface area contributed by atoms with E-state index in [1.165, 1.54) is 16.6 Å². The second-order valence-corrected chi connectivity index (χ2v) is 5.28. The number of aromatic amines is 1. The highest BCUT2D eigenvalue weighted by molar-refractivity contribution is 5.84. The second kappa shape index (κ2) is 5.93. The van der Waals surface area contributed by atoms with Crippen LogP contribution in [-0.4, -0.2) is 22.7 Å². The largest absolute Gasteiger partial charge is 0.482 e. The van der Waals surface area contributed by atoms with Crippen LogP contribution in [0, 0.1) is 6.92 Å². The summed E-state index contributed by atoms with van der Waals surface area (Å²) in [6, 6.07) is 15.8. The van der Waals surface area contributed by atoms with Crippen LogP contribution in [-0.2, 0) is 11.2 Å². The SMILES string of the molecule is Cc1[nH]c2ccccc2c1Cc1ccc(OCC(=O)O)cc1. The Labute approximate surface area is 128 Å². The van der Waals surface area contributed by atoms with Gasteiger partial charge in [0.05, 0.1) is 0 Å². The summed E-state index contributed by atoms with van der Waals surface area (Å²) in [5.41, 5.74) is 4.77. The lowest BCUT2D eigenvalue weighted by molar-refractivity contribution is -0.139. The molecule has 0 aliphatic carbocycles. The van der Waals surface area contributed by atoms with Crippen LogP contribution in [0.15, 0.2) is 48.5 Å². The zero-order valence-electron chi connectivity index (χ0n) is 12.3. The molecular formula is C18H17NO3. The average Bonchev–Trinajstić information content (AvgIpc) is 2.83. The molecule has 2 aromatic carbocycles. The van der Waals surface area contributed by atoms with Crippen molar-refractivity contribution >= 4 is 16.9 Å². The molecule has 0 spiro atoms. The third-order valence-corrected chi connectivity index (χ3v) is 3.69. The number of carboxylic acid groups (broad SMARTS) is 1. The van der Waals surface area contributed by atoms with Crippen molar-refractivity contribution in [1.82, 2.24) is 4.98 Å². The molecule has 3 aromatic rings. The van der Waals surface area contributed by atoms with Gasteiger partial charge in [-0.2, -0.15) is 0 Å². The third kappa shape index (κ3) is 2.96. The smallest absolute Gasteiger partial charge is 0.341 e. The zero-order valence-corrected chi connectivity index (χ0v) is 12.3. The summed E-state index contributed by atoms with van der Waals surface area (Å²) in [6.07, 6.45) is 0.828. The lowest BCUT2D eigenvalue weighted by Crippen LogP contribution is -2.09. The summed E-state index contributed by atoms with van der Waals surface area (Å²) in [6.45, 7) is 1.76. The Bertz CT molecular complexity index is 803. The Morgan fingerprint density at radius 1 is 1.14 bits per heavy atom. The van der Waals surface area contributed by atoms with Gasteiger partial charge in [0.1, 0.15) is 5.75 Å². The number of aryl methyl sites for hydroxylation is 1. The van der Waals surface area contributed by atoms with Crippen molar-refractivity contribution in [3.05, 3.63) is 65.4 Å². The molecule has 0 radical (unpaired) electrons. The fraction of sp³-hybridized carbons (Fsp3) is 0.167. The first-order chi connectivity index (χ1) is 10.6. The minimum absolute atomic E-state index is 0.319. The number of hydrogen-bond donors (Lipinski definition) is 2. The quantitative estimate of drug-likeness (QED) is 0.757. The van der Waals surface area contributed by atoms with Crippen LogP contribution in [0.1, 0.15) is 16.8 Å². The summed E-state index contributed by atoms with van der Waals surface area (Å²) in [7, 11) is 0. The summed E-state index contributed by atoms with van der Waals surface area (Å²) in [5, 5.41) is 9.85. The van der Waals surface area contributed by atoms with E-state index in [0.29, 0.717) is 5.75 Å². The predicted molar refractivity (Wildman–Crippen MR) is 85.4 cm³/mol. The van der Waals surface area contributed by atoms with E-state index in [0.717, 1.165) is 17.5 Å². The monoisotopic (exact) mass is 295 g/mol. The Kier molecular flexibility index (Phi) is 3.83. The minimum Gasteiger partial charge on any atom is -0.482 e. The number of nitrogens with one attached hydrogen (secondary N) is 1. The van der Waals surface area contributed by atoms with Crippen molar-refractivity contribution in [1.29, 1.82) is 0 Å². The Balaban J connectivity index is 1.80. The molecule has 2 N–H and O–H groups in total. The number of para-hydroxylation sites is 1. The fourth-order valence-electron chi connectivity index (χ4n) is 2.62.